The summed E-state index contributed by atoms with van der Waals surface area (Å²) < 4.78 is 12.8. The molecule has 168 valence electrons. The smallest absolute Gasteiger partial charge is 0.341 e. The maximum Gasteiger partial charge on any atom is 0.341 e. The molecular weight excluding hydrogens is 426 g/mol. The van der Waals surface area contributed by atoms with Gasteiger partial charge in [-0.1, -0.05) is 25.1 Å². The van der Waals surface area contributed by atoms with E-state index in [0.29, 0.717) is 17.2 Å². The van der Waals surface area contributed by atoms with Crippen LogP contribution in [0.5, 0.6) is 5.75 Å². The van der Waals surface area contributed by atoms with Gasteiger partial charge in [0.25, 0.3) is 5.91 Å². The fraction of sp³-hybridized carbons (Fsp3) is 0.375. The van der Waals surface area contributed by atoms with Crippen LogP contribution in [0.25, 0.3) is 0 Å². The number of nitrogens with one attached hydrogen (secondary N) is 1. The van der Waals surface area contributed by atoms with Crippen molar-refractivity contribution in [1.29, 1.82) is 0 Å². The lowest BCUT2D eigenvalue weighted by Crippen LogP contribution is -2.17. The zero-order chi connectivity index (χ0) is 22.5. The highest BCUT2D eigenvalue weighted by Crippen LogP contribution is 2.38. The number of hydrogen-bond acceptors (Lipinski definition) is 6. The van der Waals surface area contributed by atoms with E-state index in [0.717, 1.165) is 53.9 Å². The molecule has 8 heteroatoms. The van der Waals surface area contributed by atoms with Crippen LogP contribution < -0.4 is 10.1 Å². The number of carbonyl (C=O) groups is 2. The largest absolute Gasteiger partial charge is 0.471 e. The van der Waals surface area contributed by atoms with Crippen LogP contribution in [0.2, 0.25) is 0 Å². The summed E-state index contributed by atoms with van der Waals surface area (Å²) >= 11 is 1.47. The summed E-state index contributed by atoms with van der Waals surface area (Å²) in [4.78, 5) is 26.8. The standard InChI is InChI=1S/C24H27N3O4S/c1-3-14-30-24(29)21-17-9-5-7-11-20(17)32-23(21)25-22(28)18-12-13-27(26-18)15-31-19-10-6-4-8-16(19)2/h4,6,8,10,12-13H,3,5,7,9,11,14-15H2,1-2H3,(H,25,28). The van der Waals surface area contributed by atoms with Crippen LogP contribution in [-0.2, 0) is 24.3 Å². The number of fused-ring (bicyclic) bond motifs is 1. The molecule has 0 spiro atoms. The van der Waals surface area contributed by atoms with Crippen molar-refractivity contribution in [3.05, 3.63) is 63.8 Å². The highest BCUT2D eigenvalue weighted by atomic mass is 32.1. The molecule has 1 aliphatic carbocycles. The number of nitrogens with zero attached hydrogens (tertiary/aromatic N) is 2. The van der Waals surface area contributed by atoms with E-state index in [1.54, 1.807) is 16.9 Å². The fourth-order valence-electron chi connectivity index (χ4n) is 3.71. The predicted octanol–water partition coefficient (Wildman–Crippen LogP) is 4.99. The van der Waals surface area contributed by atoms with Gasteiger partial charge in [0.1, 0.15) is 10.8 Å². The SMILES string of the molecule is CCCOC(=O)c1c(NC(=O)c2ccn(COc3ccccc3C)n2)sc2c1CCCC2. The first kappa shape index (κ1) is 22.1. The van der Waals surface area contributed by atoms with Crippen LogP contribution in [0.4, 0.5) is 5.00 Å². The number of carbonyl (C=O) groups excluding carboxylic acids is 2. The third-order valence-electron chi connectivity index (χ3n) is 5.36. The van der Waals surface area contributed by atoms with E-state index in [1.807, 2.05) is 38.1 Å². The maximum absolute atomic E-state index is 12.9. The van der Waals surface area contributed by atoms with Crippen LogP contribution in [0.3, 0.4) is 0 Å². The molecule has 7 nitrogen and oxygen atoms in total. The molecule has 0 saturated carbocycles. The number of thiophene rings is 1. The van der Waals surface area contributed by atoms with E-state index in [4.69, 9.17) is 9.47 Å². The van der Waals surface area contributed by atoms with E-state index in [2.05, 4.69) is 10.4 Å². The average Bonchev–Trinajstić information content (AvgIpc) is 3.41. The Kier molecular flexibility index (Phi) is 6.90. The molecule has 4 rings (SSSR count). The number of aryl methyl sites for hydroxylation is 2. The molecule has 0 fully saturated rings. The molecule has 0 unspecified atom stereocenters. The third-order valence-corrected chi connectivity index (χ3v) is 6.57. The first-order valence-corrected chi connectivity index (χ1v) is 11.7. The monoisotopic (exact) mass is 453 g/mol. The van der Waals surface area contributed by atoms with E-state index in [9.17, 15) is 9.59 Å². The Labute approximate surface area is 191 Å². The lowest BCUT2D eigenvalue weighted by Gasteiger charge is -2.12. The molecule has 1 amide bonds. The first-order chi connectivity index (χ1) is 15.6. The second-order valence-corrected chi connectivity index (χ2v) is 8.89. The van der Waals surface area contributed by atoms with Crippen molar-refractivity contribution in [3.8, 4) is 5.75 Å². The van der Waals surface area contributed by atoms with Crippen molar-refractivity contribution in [2.75, 3.05) is 11.9 Å². The summed E-state index contributed by atoms with van der Waals surface area (Å²) in [5.41, 5.74) is 2.82. The molecule has 0 bridgehead atoms. The number of ether oxygens (including phenoxy) is 2. The third kappa shape index (κ3) is 4.85. The van der Waals surface area contributed by atoms with Crippen molar-refractivity contribution in [3.63, 3.8) is 0 Å². The van der Waals surface area contributed by atoms with E-state index < -0.39 is 0 Å². The number of amides is 1. The molecule has 0 atom stereocenters. The number of aromatic nitrogens is 2. The summed E-state index contributed by atoms with van der Waals surface area (Å²) in [6.45, 7) is 4.49. The summed E-state index contributed by atoms with van der Waals surface area (Å²) in [5.74, 6) is 0.0508. The summed E-state index contributed by atoms with van der Waals surface area (Å²) in [5, 5.41) is 7.77. The molecule has 1 aliphatic rings. The Balaban J connectivity index is 1.48. The molecule has 1 aromatic carbocycles. The Morgan fingerprint density at radius 3 is 2.81 bits per heavy atom. The highest BCUT2D eigenvalue weighted by molar-refractivity contribution is 7.17. The van der Waals surface area contributed by atoms with Crippen LogP contribution in [-0.4, -0.2) is 28.3 Å². The summed E-state index contributed by atoms with van der Waals surface area (Å²) in [6.07, 6.45) is 6.34. The van der Waals surface area contributed by atoms with E-state index >= 15 is 0 Å². The van der Waals surface area contributed by atoms with Crippen molar-refractivity contribution in [2.45, 2.75) is 52.7 Å². The molecule has 1 N–H and O–H groups in total. The predicted molar refractivity (Wildman–Crippen MR) is 124 cm³/mol. The normalized spacial score (nSPS) is 12.8. The van der Waals surface area contributed by atoms with Gasteiger partial charge in [-0.05, 0) is 62.3 Å². The maximum atomic E-state index is 12.9. The van der Waals surface area contributed by atoms with Crippen LogP contribution in [0.1, 0.15) is 63.0 Å². The lowest BCUT2D eigenvalue weighted by molar-refractivity contribution is 0.0505. The van der Waals surface area contributed by atoms with Gasteiger partial charge in [-0.15, -0.1) is 11.3 Å². The molecular formula is C24H27N3O4S. The lowest BCUT2D eigenvalue weighted by atomic mass is 9.95. The van der Waals surface area contributed by atoms with Crippen molar-refractivity contribution < 1.29 is 19.1 Å². The minimum Gasteiger partial charge on any atom is -0.471 e. The topological polar surface area (TPSA) is 82.5 Å². The zero-order valence-corrected chi connectivity index (χ0v) is 19.2. The second-order valence-electron chi connectivity index (χ2n) is 7.78. The number of hydrogen-bond donors (Lipinski definition) is 1. The number of anilines is 1. The fourth-order valence-corrected chi connectivity index (χ4v) is 4.99. The number of rotatable bonds is 8. The molecule has 2 aromatic heterocycles. The van der Waals surface area contributed by atoms with Crippen LogP contribution in [0.15, 0.2) is 36.5 Å². The van der Waals surface area contributed by atoms with Crippen molar-refractivity contribution in [1.82, 2.24) is 9.78 Å². The summed E-state index contributed by atoms with van der Waals surface area (Å²) in [6, 6.07) is 9.37. The molecule has 32 heavy (non-hydrogen) atoms. The van der Waals surface area contributed by atoms with Gasteiger partial charge in [-0.25, -0.2) is 9.48 Å². The van der Waals surface area contributed by atoms with Gasteiger partial charge >= 0.3 is 5.97 Å². The zero-order valence-electron chi connectivity index (χ0n) is 18.3. The van der Waals surface area contributed by atoms with Gasteiger partial charge in [0.2, 0.25) is 0 Å². The minimum atomic E-state index is -0.362. The Morgan fingerprint density at radius 1 is 1.19 bits per heavy atom. The van der Waals surface area contributed by atoms with E-state index in [-0.39, 0.29) is 24.3 Å². The van der Waals surface area contributed by atoms with Crippen molar-refractivity contribution >= 4 is 28.2 Å². The molecule has 0 saturated heterocycles. The molecule has 0 radical (unpaired) electrons. The Bertz CT molecular complexity index is 1120. The Hall–Kier alpha value is -3.13. The minimum absolute atomic E-state index is 0.194. The van der Waals surface area contributed by atoms with Gasteiger partial charge in [-0.2, -0.15) is 5.10 Å². The van der Waals surface area contributed by atoms with Gasteiger partial charge < -0.3 is 14.8 Å². The van der Waals surface area contributed by atoms with Crippen molar-refractivity contribution in [2.24, 2.45) is 0 Å². The van der Waals surface area contributed by atoms with Gasteiger partial charge in [0, 0.05) is 11.1 Å². The van der Waals surface area contributed by atoms with E-state index in [1.165, 1.54) is 11.3 Å². The van der Waals surface area contributed by atoms with Gasteiger partial charge in [0.15, 0.2) is 12.4 Å². The second kappa shape index (κ2) is 9.99. The molecule has 3 aromatic rings. The summed E-state index contributed by atoms with van der Waals surface area (Å²) in [7, 11) is 0. The number of para-hydroxylation sites is 1. The highest BCUT2D eigenvalue weighted by Gasteiger charge is 2.27. The molecule has 2 heterocycles. The molecule has 0 aliphatic heterocycles. The van der Waals surface area contributed by atoms with Crippen LogP contribution >= 0.6 is 11.3 Å². The van der Waals surface area contributed by atoms with Crippen LogP contribution in [0, 0.1) is 6.92 Å². The van der Waals surface area contributed by atoms with Gasteiger partial charge in [-0.3, -0.25) is 4.79 Å². The van der Waals surface area contributed by atoms with Gasteiger partial charge in [0.05, 0.1) is 12.2 Å². The Morgan fingerprint density at radius 2 is 2.00 bits per heavy atom. The average molecular weight is 454 g/mol. The first-order valence-electron chi connectivity index (χ1n) is 10.9. The number of benzene rings is 1. The number of esters is 1. The quantitative estimate of drug-likeness (QED) is 0.486.